The van der Waals surface area contributed by atoms with Crippen LogP contribution in [0.3, 0.4) is 0 Å². The lowest BCUT2D eigenvalue weighted by molar-refractivity contribution is -0.134. The summed E-state index contributed by atoms with van der Waals surface area (Å²) >= 11 is 0. The van der Waals surface area contributed by atoms with Crippen molar-refractivity contribution in [2.45, 2.75) is 13.3 Å². The quantitative estimate of drug-likeness (QED) is 0.493. The average Bonchev–Trinajstić information content (AvgIpc) is 2.54. The fourth-order valence-corrected chi connectivity index (χ4v) is 1.78. The number of carbonyl (C=O) groups excluding carboxylic acids is 2. The minimum absolute atomic E-state index is 0.126. The maximum Gasteiger partial charge on any atom is 0.202 e. The Balaban J connectivity index is 2.08. The first-order valence-corrected chi connectivity index (χ1v) is 6.71. The molecular formula is C19H13NO2. The first kappa shape index (κ1) is 15.2. The van der Waals surface area contributed by atoms with E-state index in [0.717, 1.165) is 16.7 Å². The molecule has 0 saturated carbocycles. The van der Waals surface area contributed by atoms with Crippen molar-refractivity contribution in [1.82, 2.24) is 0 Å². The molecule has 0 atom stereocenters. The van der Waals surface area contributed by atoms with Crippen LogP contribution < -0.4 is 0 Å². The third-order valence-electron chi connectivity index (χ3n) is 3.06. The number of benzene rings is 2. The van der Waals surface area contributed by atoms with Crippen molar-refractivity contribution in [1.29, 1.82) is 0 Å². The molecule has 0 aromatic heterocycles. The topological polar surface area (TPSA) is 38.5 Å². The Bertz CT molecular complexity index is 798. The van der Waals surface area contributed by atoms with E-state index in [1.54, 1.807) is 36.4 Å². The second kappa shape index (κ2) is 7.02. The molecule has 106 valence electrons. The molecule has 2 aromatic rings. The van der Waals surface area contributed by atoms with Crippen LogP contribution in [0.2, 0.25) is 0 Å². The van der Waals surface area contributed by atoms with Gasteiger partial charge in [-0.1, -0.05) is 48.2 Å². The molecule has 0 fully saturated rings. The summed E-state index contributed by atoms with van der Waals surface area (Å²) in [7, 11) is 0. The van der Waals surface area contributed by atoms with Crippen LogP contribution in [-0.2, 0) is 16.0 Å². The Morgan fingerprint density at radius 3 is 1.91 bits per heavy atom. The summed E-state index contributed by atoms with van der Waals surface area (Å²) in [4.78, 5) is 25.6. The molecule has 0 unspecified atom stereocenters. The Morgan fingerprint density at radius 1 is 0.955 bits per heavy atom. The minimum atomic E-state index is -0.424. The van der Waals surface area contributed by atoms with Crippen molar-refractivity contribution < 1.29 is 9.59 Å². The second-order valence-electron chi connectivity index (χ2n) is 4.76. The Kier molecular flexibility index (Phi) is 4.85. The van der Waals surface area contributed by atoms with Crippen LogP contribution in [-0.4, -0.2) is 11.6 Å². The van der Waals surface area contributed by atoms with Crippen molar-refractivity contribution in [3.63, 3.8) is 0 Å². The van der Waals surface area contributed by atoms with E-state index in [-0.39, 0.29) is 6.42 Å². The van der Waals surface area contributed by atoms with E-state index in [4.69, 9.17) is 6.57 Å². The van der Waals surface area contributed by atoms with Gasteiger partial charge in [-0.3, -0.25) is 9.59 Å². The van der Waals surface area contributed by atoms with Gasteiger partial charge < -0.3 is 0 Å². The fraction of sp³-hybridized carbons (Fsp3) is 0.105. The number of carbonyl (C=O) groups is 2. The van der Waals surface area contributed by atoms with E-state index in [1.165, 1.54) is 6.92 Å². The third kappa shape index (κ3) is 4.16. The number of hydrogen-bond donors (Lipinski definition) is 0. The number of rotatable bonds is 3. The lowest BCUT2D eigenvalue weighted by Gasteiger charge is -1.98. The average molecular weight is 287 g/mol. The van der Waals surface area contributed by atoms with Crippen LogP contribution >= 0.6 is 0 Å². The van der Waals surface area contributed by atoms with Gasteiger partial charge in [-0.05, 0) is 17.7 Å². The predicted octanol–water partition coefficient (Wildman–Crippen LogP) is 3.34. The van der Waals surface area contributed by atoms with Crippen LogP contribution in [0.4, 0.5) is 5.69 Å². The van der Waals surface area contributed by atoms with Gasteiger partial charge in [-0.25, -0.2) is 4.85 Å². The zero-order valence-electron chi connectivity index (χ0n) is 12.1. The van der Waals surface area contributed by atoms with Gasteiger partial charge in [0, 0.05) is 24.5 Å². The Labute approximate surface area is 129 Å². The maximum absolute atomic E-state index is 11.4. The molecule has 0 saturated heterocycles. The first-order valence-electron chi connectivity index (χ1n) is 6.71. The largest absolute Gasteiger partial charge is 0.291 e. The summed E-state index contributed by atoms with van der Waals surface area (Å²) in [6.07, 6.45) is 0.126. The van der Waals surface area contributed by atoms with E-state index >= 15 is 0 Å². The summed E-state index contributed by atoms with van der Waals surface area (Å²) < 4.78 is 0. The van der Waals surface area contributed by atoms with Crippen LogP contribution in [0.5, 0.6) is 0 Å². The Hall–Kier alpha value is -3.17. The summed E-state index contributed by atoms with van der Waals surface area (Å²) in [5.74, 6) is 5.22. The first-order chi connectivity index (χ1) is 10.6. The number of ketones is 2. The summed E-state index contributed by atoms with van der Waals surface area (Å²) in [6.45, 7) is 8.17. The van der Waals surface area contributed by atoms with Crippen molar-refractivity contribution in [2.75, 3.05) is 0 Å². The van der Waals surface area contributed by atoms with Crippen molar-refractivity contribution in [3.8, 4) is 11.8 Å². The highest BCUT2D eigenvalue weighted by molar-refractivity contribution is 6.36. The van der Waals surface area contributed by atoms with Crippen molar-refractivity contribution in [3.05, 3.63) is 76.6 Å². The number of nitrogens with zero attached hydrogens (tertiary/aromatic N) is 1. The number of Topliss-reactive ketones (excluding diaryl/α,β-unsaturated/α-hetero) is 2. The van der Waals surface area contributed by atoms with Gasteiger partial charge in [0.05, 0.1) is 6.57 Å². The van der Waals surface area contributed by atoms with Crippen molar-refractivity contribution in [2.24, 2.45) is 0 Å². The van der Waals surface area contributed by atoms with E-state index in [2.05, 4.69) is 16.7 Å². The number of hydrogen-bond acceptors (Lipinski definition) is 2. The van der Waals surface area contributed by atoms with Gasteiger partial charge in [0.1, 0.15) is 0 Å². The molecule has 0 aliphatic rings. The summed E-state index contributed by atoms with van der Waals surface area (Å²) in [5, 5.41) is 0. The molecule has 0 aliphatic heterocycles. The molecule has 0 bridgehead atoms. The summed E-state index contributed by atoms with van der Waals surface area (Å²) in [5.41, 5.74) is 3.05. The van der Waals surface area contributed by atoms with Crippen LogP contribution in [0.15, 0.2) is 48.5 Å². The zero-order chi connectivity index (χ0) is 15.9. The van der Waals surface area contributed by atoms with Crippen molar-refractivity contribution >= 4 is 17.3 Å². The maximum atomic E-state index is 11.4. The molecule has 0 amide bonds. The van der Waals surface area contributed by atoms with Crippen LogP contribution in [0.25, 0.3) is 4.85 Å². The molecule has 0 spiro atoms. The molecule has 3 nitrogen and oxygen atoms in total. The minimum Gasteiger partial charge on any atom is -0.291 e. The predicted molar refractivity (Wildman–Crippen MR) is 84.5 cm³/mol. The van der Waals surface area contributed by atoms with Gasteiger partial charge in [-0.2, -0.15) is 0 Å². The van der Waals surface area contributed by atoms with Gasteiger partial charge in [0.2, 0.25) is 5.78 Å². The molecule has 3 heteroatoms. The van der Waals surface area contributed by atoms with Gasteiger partial charge in [0.15, 0.2) is 11.5 Å². The highest BCUT2D eigenvalue weighted by Gasteiger charge is 2.08. The standard InChI is InChI=1S/C19H13NO2/c1-14(21)19(22)13-17-7-5-15(6-8-17)3-4-16-9-11-18(20-2)12-10-16/h5-12H,13H2,1H3. The molecule has 0 radical (unpaired) electrons. The SMILES string of the molecule is [C-]#[N+]c1ccc(C#Cc2ccc(CC(=O)C(C)=O)cc2)cc1. The van der Waals surface area contributed by atoms with E-state index < -0.39 is 11.6 Å². The lowest BCUT2D eigenvalue weighted by Crippen LogP contribution is -2.12. The normalized spacial score (nSPS) is 9.27. The van der Waals surface area contributed by atoms with Crippen LogP contribution in [0.1, 0.15) is 23.6 Å². The molecule has 2 aromatic carbocycles. The second-order valence-corrected chi connectivity index (χ2v) is 4.76. The Morgan fingerprint density at radius 2 is 1.45 bits per heavy atom. The van der Waals surface area contributed by atoms with E-state index in [0.29, 0.717) is 5.69 Å². The van der Waals surface area contributed by atoms with Crippen LogP contribution in [0, 0.1) is 18.4 Å². The molecule has 0 heterocycles. The highest BCUT2D eigenvalue weighted by atomic mass is 16.2. The molecular weight excluding hydrogens is 274 g/mol. The monoisotopic (exact) mass is 287 g/mol. The van der Waals surface area contributed by atoms with E-state index in [1.807, 2.05) is 12.1 Å². The molecule has 0 aliphatic carbocycles. The lowest BCUT2D eigenvalue weighted by atomic mass is 10.0. The van der Waals surface area contributed by atoms with Gasteiger partial charge in [0.25, 0.3) is 0 Å². The van der Waals surface area contributed by atoms with Gasteiger partial charge in [-0.15, -0.1) is 0 Å². The molecule has 22 heavy (non-hydrogen) atoms. The zero-order valence-corrected chi connectivity index (χ0v) is 12.1. The fourth-order valence-electron chi connectivity index (χ4n) is 1.78. The van der Waals surface area contributed by atoms with Gasteiger partial charge >= 0.3 is 0 Å². The molecule has 0 N–H and O–H groups in total. The molecule has 2 rings (SSSR count). The third-order valence-corrected chi connectivity index (χ3v) is 3.06. The highest BCUT2D eigenvalue weighted by Crippen LogP contribution is 2.12. The summed E-state index contributed by atoms with van der Waals surface area (Å²) in [6, 6.07) is 14.3. The smallest absolute Gasteiger partial charge is 0.202 e. The van der Waals surface area contributed by atoms with E-state index in [9.17, 15) is 9.59 Å².